The van der Waals surface area contributed by atoms with Crippen molar-refractivity contribution in [3.8, 4) is 0 Å². The van der Waals surface area contributed by atoms with Gasteiger partial charge >= 0.3 is 0 Å². The molecule has 32 heavy (non-hydrogen) atoms. The molecule has 8 nitrogen and oxygen atoms in total. The molecule has 1 amide bonds. The van der Waals surface area contributed by atoms with E-state index in [4.69, 9.17) is 0 Å². The van der Waals surface area contributed by atoms with E-state index in [1.54, 1.807) is 13.1 Å². The fourth-order valence-electron chi connectivity index (χ4n) is 4.43. The Morgan fingerprint density at radius 3 is 2.44 bits per heavy atom. The molecule has 3 heterocycles. The quantitative estimate of drug-likeness (QED) is 0.483. The first-order chi connectivity index (χ1) is 15.6. The van der Waals surface area contributed by atoms with Crippen LogP contribution in [0.15, 0.2) is 59.4 Å². The third-order valence-corrected chi connectivity index (χ3v) is 6.23. The molecule has 4 aromatic rings. The van der Waals surface area contributed by atoms with Gasteiger partial charge in [0, 0.05) is 52.6 Å². The first-order valence-corrected chi connectivity index (χ1v) is 11.0. The number of hydrogen-bond acceptors (Lipinski definition) is 5. The second-order valence-electron chi connectivity index (χ2n) is 8.28. The Bertz CT molecular complexity index is 1320. The first-order valence-electron chi connectivity index (χ1n) is 11.0. The zero-order chi connectivity index (χ0) is 22.1. The zero-order valence-corrected chi connectivity index (χ0v) is 18.1. The van der Waals surface area contributed by atoms with Crippen molar-refractivity contribution in [3.05, 3.63) is 76.3 Å². The van der Waals surface area contributed by atoms with Gasteiger partial charge in [0.1, 0.15) is 5.82 Å². The van der Waals surface area contributed by atoms with Crippen LogP contribution >= 0.6 is 0 Å². The minimum absolute atomic E-state index is 0.100. The van der Waals surface area contributed by atoms with Gasteiger partial charge in [0.25, 0.3) is 5.56 Å². The minimum Gasteiger partial charge on any atom is -0.340 e. The highest BCUT2D eigenvalue weighted by atomic mass is 16.2. The Balaban J connectivity index is 1.26. The number of amides is 1. The van der Waals surface area contributed by atoms with Gasteiger partial charge in [-0.2, -0.15) is 0 Å². The van der Waals surface area contributed by atoms with Crippen LogP contribution in [0, 0.1) is 0 Å². The Kier molecular flexibility index (Phi) is 5.45. The predicted octanol–water partition coefficient (Wildman–Crippen LogP) is 1.86. The largest absolute Gasteiger partial charge is 0.340 e. The van der Waals surface area contributed by atoms with Gasteiger partial charge in [-0.05, 0) is 17.7 Å². The highest BCUT2D eigenvalue weighted by molar-refractivity contribution is 5.80. The molecule has 2 aromatic heterocycles. The van der Waals surface area contributed by atoms with Crippen molar-refractivity contribution in [1.29, 1.82) is 0 Å². The molecule has 0 unspecified atom stereocenters. The first kappa shape index (κ1) is 20.4. The molecule has 2 aromatic carbocycles. The summed E-state index contributed by atoms with van der Waals surface area (Å²) in [6.45, 7) is 4.15. The van der Waals surface area contributed by atoms with Crippen LogP contribution in [0.4, 0.5) is 0 Å². The number of aromatic nitrogens is 4. The van der Waals surface area contributed by atoms with Crippen LogP contribution in [0.5, 0.6) is 0 Å². The van der Waals surface area contributed by atoms with Crippen LogP contribution in [-0.4, -0.2) is 61.1 Å². The summed E-state index contributed by atoms with van der Waals surface area (Å²) in [5.41, 5.74) is 1.97. The van der Waals surface area contributed by atoms with Crippen molar-refractivity contribution >= 4 is 22.6 Å². The van der Waals surface area contributed by atoms with Crippen molar-refractivity contribution in [1.82, 2.24) is 29.0 Å². The van der Waals surface area contributed by atoms with Crippen LogP contribution in [0.25, 0.3) is 16.7 Å². The fourth-order valence-corrected chi connectivity index (χ4v) is 4.43. The number of piperazine rings is 1. The van der Waals surface area contributed by atoms with Gasteiger partial charge in [-0.1, -0.05) is 42.5 Å². The van der Waals surface area contributed by atoms with E-state index >= 15 is 0 Å². The van der Waals surface area contributed by atoms with E-state index in [2.05, 4.69) is 39.4 Å². The number of carbonyl (C=O) groups excluding carboxylic acids is 1. The molecule has 164 valence electrons. The summed E-state index contributed by atoms with van der Waals surface area (Å²) in [5.74, 6) is 1.32. The molecule has 0 bridgehead atoms. The van der Waals surface area contributed by atoms with Crippen LogP contribution < -0.4 is 5.56 Å². The van der Waals surface area contributed by atoms with Gasteiger partial charge in [-0.3, -0.25) is 23.5 Å². The van der Waals surface area contributed by atoms with E-state index < -0.39 is 0 Å². The topological polar surface area (TPSA) is 75.7 Å². The van der Waals surface area contributed by atoms with Crippen LogP contribution in [0.1, 0.15) is 17.8 Å². The monoisotopic (exact) mass is 430 g/mol. The smallest absolute Gasteiger partial charge is 0.262 e. The second kappa shape index (κ2) is 8.55. The molecule has 1 saturated heterocycles. The number of fused-ring (bicyclic) bond motifs is 3. The number of nitrogens with zero attached hydrogens (tertiary/aromatic N) is 6. The maximum absolute atomic E-state index is 12.9. The van der Waals surface area contributed by atoms with Gasteiger partial charge in [0.2, 0.25) is 11.7 Å². The predicted molar refractivity (Wildman–Crippen MR) is 122 cm³/mol. The van der Waals surface area contributed by atoms with E-state index in [1.165, 1.54) is 10.1 Å². The number of para-hydroxylation sites is 1. The third kappa shape index (κ3) is 3.78. The Morgan fingerprint density at radius 2 is 1.66 bits per heavy atom. The summed E-state index contributed by atoms with van der Waals surface area (Å²) < 4.78 is 3.40. The highest BCUT2D eigenvalue weighted by Crippen LogP contribution is 2.16. The van der Waals surface area contributed by atoms with Gasteiger partial charge in [0.15, 0.2) is 0 Å². The van der Waals surface area contributed by atoms with Gasteiger partial charge in [-0.15, -0.1) is 10.2 Å². The molecule has 0 spiro atoms. The molecular formula is C24H26N6O2. The maximum atomic E-state index is 12.9. The summed E-state index contributed by atoms with van der Waals surface area (Å²) >= 11 is 0. The second-order valence-corrected chi connectivity index (χ2v) is 8.28. The van der Waals surface area contributed by atoms with Crippen LogP contribution in [-0.2, 0) is 24.8 Å². The molecule has 0 radical (unpaired) electrons. The number of aryl methyl sites for hydroxylation is 2. The third-order valence-electron chi connectivity index (χ3n) is 6.23. The SMILES string of the molecule is Cn1c(=O)c2ccccc2n2c(CCC(=O)N3CCN(Cc4ccccc4)CC3)nnc12. The van der Waals surface area contributed by atoms with Crippen molar-refractivity contribution in [2.24, 2.45) is 7.05 Å². The van der Waals surface area contributed by atoms with E-state index in [0.717, 1.165) is 38.2 Å². The lowest BCUT2D eigenvalue weighted by molar-refractivity contribution is -0.133. The average Bonchev–Trinajstić information content (AvgIpc) is 3.26. The summed E-state index contributed by atoms with van der Waals surface area (Å²) in [7, 11) is 1.70. The molecule has 5 rings (SSSR count). The lowest BCUT2D eigenvalue weighted by Gasteiger charge is -2.34. The van der Waals surface area contributed by atoms with Crippen molar-refractivity contribution < 1.29 is 4.79 Å². The van der Waals surface area contributed by atoms with Crippen LogP contribution in [0.2, 0.25) is 0 Å². The molecule has 0 saturated carbocycles. The Morgan fingerprint density at radius 1 is 0.938 bits per heavy atom. The molecule has 1 fully saturated rings. The standard InChI is InChI=1S/C24H26N6O2/c1-27-23(32)19-9-5-6-10-20(19)30-21(25-26-24(27)30)11-12-22(31)29-15-13-28(14-16-29)17-18-7-3-2-4-8-18/h2-10H,11-17H2,1H3. The van der Waals surface area contributed by atoms with Gasteiger partial charge in [-0.25, -0.2) is 0 Å². The Labute approximate surface area is 185 Å². The lowest BCUT2D eigenvalue weighted by atomic mass is 10.2. The number of benzene rings is 2. The molecular weight excluding hydrogens is 404 g/mol. The van der Waals surface area contributed by atoms with E-state index in [-0.39, 0.29) is 11.5 Å². The van der Waals surface area contributed by atoms with E-state index in [9.17, 15) is 9.59 Å². The van der Waals surface area contributed by atoms with E-state index in [1.807, 2.05) is 33.6 Å². The van der Waals surface area contributed by atoms with Crippen molar-refractivity contribution in [2.45, 2.75) is 19.4 Å². The summed E-state index contributed by atoms with van der Waals surface area (Å²) in [5, 5.41) is 9.13. The molecule has 8 heteroatoms. The zero-order valence-electron chi connectivity index (χ0n) is 18.1. The molecule has 0 atom stereocenters. The van der Waals surface area contributed by atoms with E-state index in [0.29, 0.717) is 29.8 Å². The molecule has 1 aliphatic rings. The normalized spacial score (nSPS) is 15.0. The van der Waals surface area contributed by atoms with Gasteiger partial charge < -0.3 is 4.90 Å². The van der Waals surface area contributed by atoms with Gasteiger partial charge in [0.05, 0.1) is 10.9 Å². The molecule has 1 aliphatic heterocycles. The lowest BCUT2D eigenvalue weighted by Crippen LogP contribution is -2.48. The summed E-state index contributed by atoms with van der Waals surface area (Å²) in [6.07, 6.45) is 0.850. The van der Waals surface area contributed by atoms with Crippen molar-refractivity contribution in [3.63, 3.8) is 0 Å². The number of rotatable bonds is 5. The fraction of sp³-hybridized carbons (Fsp3) is 0.333. The summed E-state index contributed by atoms with van der Waals surface area (Å²) in [6, 6.07) is 17.9. The highest BCUT2D eigenvalue weighted by Gasteiger charge is 2.22. The number of hydrogen-bond donors (Lipinski definition) is 0. The summed E-state index contributed by atoms with van der Waals surface area (Å²) in [4.78, 5) is 29.8. The van der Waals surface area contributed by atoms with Crippen LogP contribution in [0.3, 0.4) is 0 Å². The molecule has 0 aliphatic carbocycles. The number of carbonyl (C=O) groups is 1. The minimum atomic E-state index is -0.100. The maximum Gasteiger partial charge on any atom is 0.262 e. The van der Waals surface area contributed by atoms with Crippen molar-refractivity contribution in [2.75, 3.05) is 26.2 Å². The Hall–Kier alpha value is -3.52. The molecule has 0 N–H and O–H groups in total. The average molecular weight is 431 g/mol.